The minimum Gasteiger partial charge on any atom is -0.363 e. The zero-order chi connectivity index (χ0) is 17.8. The molecule has 2 fully saturated rings. The molecule has 1 aromatic heterocycles. The molecule has 25 heavy (non-hydrogen) atoms. The van der Waals surface area contributed by atoms with E-state index in [1.165, 1.54) is 6.33 Å². The van der Waals surface area contributed by atoms with E-state index in [1.807, 2.05) is 18.7 Å². The Hall–Kier alpha value is -2.02. The average Bonchev–Trinajstić information content (AvgIpc) is 3.03. The highest BCUT2D eigenvalue weighted by atomic mass is 16.5. The van der Waals surface area contributed by atoms with Gasteiger partial charge in [-0.15, -0.1) is 0 Å². The molecule has 0 aliphatic carbocycles. The monoisotopic (exact) mass is 346 g/mol. The fraction of sp³-hybridized carbons (Fsp3) is 0.667. The summed E-state index contributed by atoms with van der Waals surface area (Å²) in [6.07, 6.45) is 7.30. The average molecular weight is 346 g/mol. The first-order chi connectivity index (χ1) is 12.0. The molecule has 3 heterocycles. The van der Waals surface area contributed by atoms with Gasteiger partial charge >= 0.3 is 0 Å². The molecule has 2 amide bonds. The second-order valence-corrected chi connectivity index (χ2v) is 7.20. The number of ether oxygens (including phenoxy) is 1. The van der Waals surface area contributed by atoms with Gasteiger partial charge in [0.15, 0.2) is 0 Å². The molecule has 0 saturated carbocycles. The summed E-state index contributed by atoms with van der Waals surface area (Å²) in [6.45, 7) is 5.21. The molecular formula is C18H26N4O3. The number of amides is 2. The van der Waals surface area contributed by atoms with Gasteiger partial charge in [0.2, 0.25) is 11.8 Å². The molecule has 0 aromatic carbocycles. The second-order valence-electron chi connectivity index (χ2n) is 7.20. The summed E-state index contributed by atoms with van der Waals surface area (Å²) in [6, 6.07) is 0.110. The summed E-state index contributed by atoms with van der Waals surface area (Å²) in [4.78, 5) is 34.4. The van der Waals surface area contributed by atoms with Gasteiger partial charge in [0, 0.05) is 37.9 Å². The number of fused-ring (bicyclic) bond motifs is 1. The van der Waals surface area contributed by atoms with E-state index in [9.17, 15) is 9.59 Å². The van der Waals surface area contributed by atoms with Gasteiger partial charge in [0.25, 0.3) is 0 Å². The smallest absolute Gasteiger partial charge is 0.249 e. The van der Waals surface area contributed by atoms with Crippen LogP contribution in [0, 0.1) is 5.92 Å². The Morgan fingerprint density at radius 1 is 1.36 bits per heavy atom. The lowest BCUT2D eigenvalue weighted by Crippen LogP contribution is -2.45. The van der Waals surface area contributed by atoms with Crippen molar-refractivity contribution < 1.29 is 14.3 Å². The van der Waals surface area contributed by atoms with Crippen molar-refractivity contribution in [3.05, 3.63) is 24.3 Å². The van der Waals surface area contributed by atoms with Crippen molar-refractivity contribution in [3.8, 4) is 0 Å². The first kappa shape index (κ1) is 17.8. The van der Waals surface area contributed by atoms with E-state index in [-0.39, 0.29) is 30.1 Å². The zero-order valence-corrected chi connectivity index (χ0v) is 14.9. The van der Waals surface area contributed by atoms with E-state index in [0.29, 0.717) is 25.3 Å². The lowest BCUT2D eigenvalue weighted by Gasteiger charge is -2.34. The first-order valence-corrected chi connectivity index (χ1v) is 9.00. The van der Waals surface area contributed by atoms with Gasteiger partial charge in [-0.1, -0.05) is 0 Å². The predicted molar refractivity (Wildman–Crippen MR) is 91.6 cm³/mol. The SMILES string of the molecule is CC(C)NC(=O)C1C[C@@H]2CCN(C(=O)CCc3cncnc3)C[C@@H]2O1. The molecule has 0 bridgehead atoms. The van der Waals surface area contributed by atoms with Crippen LogP contribution in [0.15, 0.2) is 18.7 Å². The zero-order valence-electron chi connectivity index (χ0n) is 14.9. The molecule has 3 rings (SSSR count). The highest BCUT2D eigenvalue weighted by Crippen LogP contribution is 2.33. The van der Waals surface area contributed by atoms with Gasteiger partial charge in [-0.2, -0.15) is 0 Å². The number of hydrogen-bond acceptors (Lipinski definition) is 5. The molecule has 7 heteroatoms. The Labute approximate surface area is 148 Å². The molecular weight excluding hydrogens is 320 g/mol. The summed E-state index contributed by atoms with van der Waals surface area (Å²) in [5, 5.41) is 2.91. The van der Waals surface area contributed by atoms with E-state index in [2.05, 4.69) is 15.3 Å². The summed E-state index contributed by atoms with van der Waals surface area (Å²) in [5.41, 5.74) is 0.966. The first-order valence-electron chi connectivity index (χ1n) is 9.00. The molecule has 2 aliphatic rings. The maximum atomic E-state index is 12.5. The van der Waals surface area contributed by atoms with E-state index in [4.69, 9.17) is 4.74 Å². The maximum absolute atomic E-state index is 12.5. The summed E-state index contributed by atoms with van der Waals surface area (Å²) < 4.78 is 5.95. The van der Waals surface area contributed by atoms with Crippen LogP contribution in [0.4, 0.5) is 0 Å². The van der Waals surface area contributed by atoms with Gasteiger partial charge in [-0.05, 0) is 44.6 Å². The van der Waals surface area contributed by atoms with Crippen molar-refractivity contribution in [2.24, 2.45) is 5.92 Å². The number of piperidine rings is 1. The summed E-state index contributed by atoms with van der Waals surface area (Å²) in [5.74, 6) is 0.460. The Kier molecular flexibility index (Phi) is 5.63. The van der Waals surface area contributed by atoms with Gasteiger partial charge in [0.05, 0.1) is 6.10 Å². The number of aromatic nitrogens is 2. The van der Waals surface area contributed by atoms with Crippen molar-refractivity contribution in [1.82, 2.24) is 20.2 Å². The fourth-order valence-electron chi connectivity index (χ4n) is 3.57. The summed E-state index contributed by atoms with van der Waals surface area (Å²) >= 11 is 0. The van der Waals surface area contributed by atoms with E-state index in [0.717, 1.165) is 24.9 Å². The van der Waals surface area contributed by atoms with Crippen LogP contribution in [-0.2, 0) is 20.7 Å². The third-order valence-electron chi connectivity index (χ3n) is 4.87. The number of rotatable bonds is 5. The molecule has 7 nitrogen and oxygen atoms in total. The molecule has 3 atom stereocenters. The van der Waals surface area contributed by atoms with Gasteiger partial charge < -0.3 is 15.0 Å². The second kappa shape index (κ2) is 7.91. The lowest BCUT2D eigenvalue weighted by atomic mass is 9.91. The topological polar surface area (TPSA) is 84.4 Å². The molecule has 2 aliphatic heterocycles. The van der Waals surface area contributed by atoms with Gasteiger partial charge in [-0.25, -0.2) is 9.97 Å². The lowest BCUT2D eigenvalue weighted by molar-refractivity contribution is -0.138. The Morgan fingerprint density at radius 2 is 2.12 bits per heavy atom. The molecule has 1 aromatic rings. The molecule has 0 radical (unpaired) electrons. The largest absolute Gasteiger partial charge is 0.363 e. The van der Waals surface area contributed by atoms with Gasteiger partial charge in [0.1, 0.15) is 12.4 Å². The molecule has 1 N–H and O–H groups in total. The quantitative estimate of drug-likeness (QED) is 0.858. The highest BCUT2D eigenvalue weighted by Gasteiger charge is 2.42. The molecule has 0 spiro atoms. The molecule has 1 unspecified atom stereocenters. The minimum atomic E-state index is -0.381. The Morgan fingerprint density at radius 3 is 2.84 bits per heavy atom. The highest BCUT2D eigenvalue weighted by molar-refractivity contribution is 5.81. The van der Waals surface area contributed by atoms with Crippen LogP contribution < -0.4 is 5.32 Å². The number of likely N-dealkylation sites (tertiary alicyclic amines) is 1. The molecule has 2 saturated heterocycles. The Balaban J connectivity index is 1.49. The van der Waals surface area contributed by atoms with Crippen molar-refractivity contribution in [1.29, 1.82) is 0 Å². The number of hydrogen-bond donors (Lipinski definition) is 1. The van der Waals surface area contributed by atoms with E-state index >= 15 is 0 Å². The van der Waals surface area contributed by atoms with Crippen molar-refractivity contribution >= 4 is 11.8 Å². The van der Waals surface area contributed by atoms with Crippen LogP contribution in [0.1, 0.15) is 38.7 Å². The minimum absolute atomic E-state index is 0.0272. The van der Waals surface area contributed by atoms with Crippen molar-refractivity contribution in [2.75, 3.05) is 13.1 Å². The predicted octanol–water partition coefficient (Wildman–Crippen LogP) is 0.940. The van der Waals surface area contributed by atoms with Crippen LogP contribution in [0.2, 0.25) is 0 Å². The number of nitrogens with one attached hydrogen (secondary N) is 1. The number of carbonyl (C=O) groups is 2. The van der Waals surface area contributed by atoms with E-state index < -0.39 is 0 Å². The van der Waals surface area contributed by atoms with Crippen LogP contribution in [0.5, 0.6) is 0 Å². The van der Waals surface area contributed by atoms with Crippen molar-refractivity contribution in [3.63, 3.8) is 0 Å². The third kappa shape index (κ3) is 4.54. The number of nitrogens with zero attached hydrogens (tertiary/aromatic N) is 3. The fourth-order valence-corrected chi connectivity index (χ4v) is 3.57. The van der Waals surface area contributed by atoms with Crippen LogP contribution >= 0.6 is 0 Å². The third-order valence-corrected chi connectivity index (χ3v) is 4.87. The van der Waals surface area contributed by atoms with Crippen LogP contribution in [0.3, 0.4) is 0 Å². The van der Waals surface area contributed by atoms with Crippen molar-refractivity contribution in [2.45, 2.75) is 57.8 Å². The number of carbonyl (C=O) groups excluding carboxylic acids is 2. The number of aryl methyl sites for hydroxylation is 1. The maximum Gasteiger partial charge on any atom is 0.249 e. The van der Waals surface area contributed by atoms with E-state index in [1.54, 1.807) is 12.4 Å². The molecule has 136 valence electrons. The van der Waals surface area contributed by atoms with Gasteiger partial charge in [-0.3, -0.25) is 9.59 Å². The Bertz CT molecular complexity index is 608. The van der Waals surface area contributed by atoms with Crippen LogP contribution in [0.25, 0.3) is 0 Å². The normalized spacial score (nSPS) is 25.7. The van der Waals surface area contributed by atoms with Crippen LogP contribution in [-0.4, -0.2) is 58.0 Å². The standard InChI is InChI=1S/C18H26N4O3/c1-12(2)21-18(24)15-7-14-5-6-22(10-16(14)25-15)17(23)4-3-13-8-19-11-20-9-13/h8-9,11-12,14-16H,3-7,10H2,1-2H3,(H,21,24)/t14-,15?,16-/m0/s1. The summed E-state index contributed by atoms with van der Waals surface area (Å²) in [7, 11) is 0.